The van der Waals surface area contributed by atoms with Crippen LogP contribution < -0.4 is 11.1 Å². The number of fused-ring (bicyclic) bond motifs is 1. The quantitative estimate of drug-likeness (QED) is 0.535. The molecule has 1 unspecified atom stereocenters. The van der Waals surface area contributed by atoms with E-state index in [1.807, 2.05) is 0 Å². The van der Waals surface area contributed by atoms with E-state index in [-0.39, 0.29) is 17.2 Å². The molecule has 0 spiro atoms. The number of amides is 1. The van der Waals surface area contributed by atoms with Crippen molar-refractivity contribution in [2.75, 3.05) is 11.1 Å². The summed E-state index contributed by atoms with van der Waals surface area (Å²) in [5.41, 5.74) is 5.71. The second-order valence-electron chi connectivity index (χ2n) is 3.18. The van der Waals surface area contributed by atoms with Gasteiger partial charge in [0, 0.05) is 0 Å². The molecule has 78 valence electrons. The van der Waals surface area contributed by atoms with Crippen LogP contribution in [0.5, 0.6) is 0 Å². The molecule has 0 aromatic carbocycles. The number of carbonyl (C=O) groups is 2. The molecular formula is C8H8N4O3. The van der Waals surface area contributed by atoms with Crippen molar-refractivity contribution >= 4 is 23.5 Å². The second kappa shape index (κ2) is 2.91. The zero-order valence-corrected chi connectivity index (χ0v) is 7.81. The van der Waals surface area contributed by atoms with Crippen LogP contribution in [0.1, 0.15) is 17.3 Å². The fourth-order valence-electron chi connectivity index (χ4n) is 1.54. The third kappa shape index (κ3) is 1.28. The number of hydrogen-bond donors (Lipinski definition) is 3. The Labute approximate surface area is 84.3 Å². The molecule has 7 heteroatoms. The summed E-state index contributed by atoms with van der Waals surface area (Å²) in [5, 5.41) is 11.2. The fourth-order valence-corrected chi connectivity index (χ4v) is 1.54. The van der Waals surface area contributed by atoms with Crippen LogP contribution in [0.3, 0.4) is 0 Å². The van der Waals surface area contributed by atoms with E-state index in [4.69, 9.17) is 10.8 Å². The van der Waals surface area contributed by atoms with Gasteiger partial charge in [0.2, 0.25) is 5.91 Å². The van der Waals surface area contributed by atoms with Crippen molar-refractivity contribution in [2.24, 2.45) is 0 Å². The number of nitrogen functional groups attached to an aromatic ring is 1. The summed E-state index contributed by atoms with van der Waals surface area (Å²) in [6, 6.07) is 0. The van der Waals surface area contributed by atoms with Gasteiger partial charge in [0.15, 0.2) is 5.92 Å². The number of nitrogens with zero attached hydrogens (tertiary/aromatic N) is 2. The normalized spacial score (nSPS) is 18.5. The summed E-state index contributed by atoms with van der Waals surface area (Å²) in [5.74, 6) is -2.59. The molecule has 0 radical (unpaired) electrons. The predicted molar refractivity (Wildman–Crippen MR) is 50.2 cm³/mol. The third-order valence-electron chi connectivity index (χ3n) is 2.13. The van der Waals surface area contributed by atoms with E-state index >= 15 is 0 Å². The maximum atomic E-state index is 11.3. The molecule has 15 heavy (non-hydrogen) atoms. The van der Waals surface area contributed by atoms with Crippen molar-refractivity contribution in [1.29, 1.82) is 0 Å². The minimum atomic E-state index is -1.31. The number of carbonyl (C=O) groups excluding carboxylic acids is 1. The van der Waals surface area contributed by atoms with Gasteiger partial charge in [-0.15, -0.1) is 0 Å². The van der Waals surface area contributed by atoms with Crippen molar-refractivity contribution in [3.63, 3.8) is 0 Å². The fraction of sp³-hybridized carbons (Fsp3) is 0.250. The first kappa shape index (κ1) is 9.38. The molecule has 7 nitrogen and oxygen atoms in total. The highest BCUT2D eigenvalue weighted by atomic mass is 16.4. The lowest BCUT2D eigenvalue weighted by Gasteiger charge is -2.05. The Morgan fingerprint density at radius 1 is 1.53 bits per heavy atom. The average molecular weight is 208 g/mol. The van der Waals surface area contributed by atoms with E-state index < -0.39 is 17.8 Å². The van der Waals surface area contributed by atoms with Crippen molar-refractivity contribution in [1.82, 2.24) is 9.97 Å². The van der Waals surface area contributed by atoms with Crippen molar-refractivity contribution < 1.29 is 14.7 Å². The molecule has 1 atom stereocenters. The van der Waals surface area contributed by atoms with E-state index in [2.05, 4.69) is 15.3 Å². The lowest BCUT2D eigenvalue weighted by Crippen LogP contribution is -2.20. The van der Waals surface area contributed by atoms with Crippen LogP contribution in [0.25, 0.3) is 0 Å². The zero-order chi connectivity index (χ0) is 11.2. The minimum absolute atomic E-state index is 0.0308. The molecule has 0 fully saturated rings. The molecule has 0 bridgehead atoms. The highest BCUT2D eigenvalue weighted by Gasteiger charge is 2.39. The molecule has 4 N–H and O–H groups in total. The first-order chi connectivity index (χ1) is 7.00. The summed E-state index contributed by atoms with van der Waals surface area (Å²) < 4.78 is 0. The number of rotatable bonds is 1. The van der Waals surface area contributed by atoms with E-state index in [0.29, 0.717) is 5.82 Å². The predicted octanol–water partition coefficient (Wildman–Crippen LogP) is -0.512. The van der Waals surface area contributed by atoms with Crippen LogP contribution in [-0.4, -0.2) is 27.0 Å². The Hall–Kier alpha value is -2.18. The smallest absolute Gasteiger partial charge is 0.320 e. The van der Waals surface area contributed by atoms with Gasteiger partial charge in [-0.05, 0) is 6.92 Å². The number of hydrogen-bond acceptors (Lipinski definition) is 5. The van der Waals surface area contributed by atoms with Crippen molar-refractivity contribution in [2.45, 2.75) is 12.8 Å². The SMILES string of the molecule is Cc1nc(N)c2c(n1)NC(=O)C2C(=O)O. The topological polar surface area (TPSA) is 118 Å². The first-order valence-electron chi connectivity index (χ1n) is 4.18. The highest BCUT2D eigenvalue weighted by molar-refractivity contribution is 6.14. The Balaban J connectivity index is 2.63. The van der Waals surface area contributed by atoms with Gasteiger partial charge in [0.05, 0.1) is 5.56 Å². The molecule has 0 saturated carbocycles. The largest absolute Gasteiger partial charge is 0.480 e. The first-order valence-corrected chi connectivity index (χ1v) is 4.18. The van der Waals surface area contributed by atoms with Crippen LogP contribution >= 0.6 is 0 Å². The van der Waals surface area contributed by atoms with Gasteiger partial charge in [-0.25, -0.2) is 9.97 Å². The average Bonchev–Trinajstić information content (AvgIpc) is 2.40. The molecule has 2 rings (SSSR count). The van der Waals surface area contributed by atoms with Crippen molar-refractivity contribution in [3.8, 4) is 0 Å². The number of carboxylic acids is 1. The number of nitrogens with one attached hydrogen (secondary N) is 1. The van der Waals surface area contributed by atoms with E-state index in [9.17, 15) is 9.59 Å². The Bertz CT molecular complexity index is 471. The van der Waals surface area contributed by atoms with Crippen LogP contribution in [0.15, 0.2) is 0 Å². The molecule has 2 heterocycles. The van der Waals surface area contributed by atoms with Crippen LogP contribution in [-0.2, 0) is 9.59 Å². The number of aliphatic carboxylic acids is 1. The van der Waals surface area contributed by atoms with Crippen molar-refractivity contribution in [3.05, 3.63) is 11.4 Å². The molecule has 1 aromatic rings. The number of anilines is 2. The minimum Gasteiger partial charge on any atom is -0.480 e. The molecule has 1 aromatic heterocycles. The molecule has 1 aliphatic rings. The number of aryl methyl sites for hydroxylation is 1. The molecule has 1 aliphatic heterocycles. The maximum absolute atomic E-state index is 11.3. The molecule has 1 amide bonds. The maximum Gasteiger partial charge on any atom is 0.320 e. The van der Waals surface area contributed by atoms with E-state index in [1.54, 1.807) is 6.92 Å². The third-order valence-corrected chi connectivity index (χ3v) is 2.13. The summed E-state index contributed by atoms with van der Waals surface area (Å²) in [4.78, 5) is 29.9. The Morgan fingerprint density at radius 2 is 2.20 bits per heavy atom. The van der Waals surface area contributed by atoms with E-state index in [1.165, 1.54) is 0 Å². The van der Waals surface area contributed by atoms with Crippen LogP contribution in [0.4, 0.5) is 11.6 Å². The van der Waals surface area contributed by atoms with Gasteiger partial charge in [-0.2, -0.15) is 0 Å². The summed E-state index contributed by atoms with van der Waals surface area (Å²) in [6.45, 7) is 1.61. The summed E-state index contributed by atoms with van der Waals surface area (Å²) >= 11 is 0. The zero-order valence-electron chi connectivity index (χ0n) is 7.81. The molecule has 0 saturated heterocycles. The summed E-state index contributed by atoms with van der Waals surface area (Å²) in [7, 11) is 0. The Kier molecular flexibility index (Phi) is 1.82. The van der Waals surface area contributed by atoms with E-state index in [0.717, 1.165) is 0 Å². The van der Waals surface area contributed by atoms with Gasteiger partial charge in [0.1, 0.15) is 17.5 Å². The molecular weight excluding hydrogens is 200 g/mol. The highest BCUT2D eigenvalue weighted by Crippen LogP contribution is 2.34. The Morgan fingerprint density at radius 3 is 2.80 bits per heavy atom. The number of aromatic nitrogens is 2. The van der Waals surface area contributed by atoms with Crippen LogP contribution in [0, 0.1) is 6.92 Å². The lowest BCUT2D eigenvalue weighted by molar-refractivity contribution is -0.141. The van der Waals surface area contributed by atoms with Crippen LogP contribution in [0.2, 0.25) is 0 Å². The van der Waals surface area contributed by atoms with Gasteiger partial charge in [-0.3, -0.25) is 9.59 Å². The second-order valence-corrected chi connectivity index (χ2v) is 3.18. The standard InChI is InChI=1S/C8H8N4O3/c1-2-10-5(9)3-4(8(14)15)7(13)12-6(3)11-2/h4H,1H3,(H,14,15)(H3,9,10,11,12,13). The van der Waals surface area contributed by atoms with Gasteiger partial charge in [-0.1, -0.05) is 0 Å². The summed E-state index contributed by atoms with van der Waals surface area (Å²) in [6.07, 6.45) is 0. The number of nitrogens with two attached hydrogens (primary N) is 1. The van der Waals surface area contributed by atoms with Gasteiger partial charge >= 0.3 is 5.97 Å². The van der Waals surface area contributed by atoms with Gasteiger partial charge in [0.25, 0.3) is 0 Å². The monoisotopic (exact) mass is 208 g/mol. The number of carboxylic acid groups (broad SMARTS) is 1. The van der Waals surface area contributed by atoms with Gasteiger partial charge < -0.3 is 16.2 Å². The lowest BCUT2D eigenvalue weighted by atomic mass is 10.0. The molecule has 0 aliphatic carbocycles.